The van der Waals surface area contributed by atoms with Gasteiger partial charge in [-0.1, -0.05) is 53.5 Å². The highest BCUT2D eigenvalue weighted by molar-refractivity contribution is 5.88. The monoisotopic (exact) mass is 750 g/mol. The second-order valence-corrected chi connectivity index (χ2v) is 16.3. The molecule has 3 fully saturated rings. The third-order valence-electron chi connectivity index (χ3n) is 13.0. The summed E-state index contributed by atoms with van der Waals surface area (Å²) in [5, 5.41) is 0. The van der Waals surface area contributed by atoms with Gasteiger partial charge in [-0.25, -0.2) is 14.4 Å². The fourth-order valence-corrected chi connectivity index (χ4v) is 10.2. The van der Waals surface area contributed by atoms with Crippen LogP contribution in [0.15, 0.2) is 58.0 Å². The number of rotatable bonds is 13. The molecule has 3 bridgehead atoms. The van der Waals surface area contributed by atoms with Crippen LogP contribution in [0, 0.1) is 28.1 Å². The molecule has 12 heteroatoms. The van der Waals surface area contributed by atoms with E-state index in [4.69, 9.17) is 32.8 Å². The molecule has 294 valence electrons. The molecule has 3 aliphatic heterocycles. The number of hydrogen-bond acceptors (Lipinski definition) is 12. The number of fused-ring (bicyclic) bond motifs is 6. The molecule has 0 radical (unpaired) electrons. The Morgan fingerprint density at radius 3 is 2.39 bits per heavy atom. The molecule has 0 amide bonds. The number of ether oxygens (including phenoxy) is 6. The van der Waals surface area contributed by atoms with Crippen LogP contribution in [0.1, 0.15) is 118 Å². The first-order valence-corrected chi connectivity index (χ1v) is 19.3. The average molecular weight is 751 g/mol. The van der Waals surface area contributed by atoms with E-state index in [9.17, 15) is 24.0 Å². The summed E-state index contributed by atoms with van der Waals surface area (Å²) in [6.45, 7) is 13.2. The lowest BCUT2D eigenvalue weighted by Crippen LogP contribution is -2.62. The van der Waals surface area contributed by atoms with Gasteiger partial charge >= 0.3 is 29.8 Å². The zero-order valence-corrected chi connectivity index (χ0v) is 32.7. The van der Waals surface area contributed by atoms with Gasteiger partial charge in [0, 0.05) is 52.2 Å². The van der Waals surface area contributed by atoms with Crippen molar-refractivity contribution in [1.82, 2.24) is 0 Å². The molecular weight excluding hydrogens is 696 g/mol. The van der Waals surface area contributed by atoms with Gasteiger partial charge in [0.2, 0.25) is 6.10 Å². The molecule has 2 saturated carbocycles. The fraction of sp³-hybridized carbons (Fsp3) is 0.643. The summed E-state index contributed by atoms with van der Waals surface area (Å²) in [4.78, 5) is 68.7. The minimum atomic E-state index is -1.98. The van der Waals surface area contributed by atoms with E-state index in [1.54, 1.807) is 38.3 Å². The number of furan rings is 1. The summed E-state index contributed by atoms with van der Waals surface area (Å²) in [5.74, 6) is -6.31. The van der Waals surface area contributed by atoms with E-state index < -0.39 is 88.1 Å². The third-order valence-corrected chi connectivity index (χ3v) is 13.0. The number of esters is 5. The van der Waals surface area contributed by atoms with Crippen molar-refractivity contribution in [2.75, 3.05) is 7.11 Å². The van der Waals surface area contributed by atoms with E-state index in [-0.39, 0.29) is 19.3 Å². The van der Waals surface area contributed by atoms with E-state index in [0.717, 1.165) is 12.8 Å². The predicted molar refractivity (Wildman–Crippen MR) is 193 cm³/mol. The quantitative estimate of drug-likeness (QED) is 0.114. The smallest absolute Gasteiger partial charge is 0.347 e. The first-order chi connectivity index (χ1) is 25.6. The van der Waals surface area contributed by atoms with E-state index in [1.807, 2.05) is 34.6 Å². The van der Waals surface area contributed by atoms with Crippen molar-refractivity contribution < 1.29 is 56.8 Å². The lowest BCUT2D eigenvalue weighted by Gasteiger charge is -2.55. The van der Waals surface area contributed by atoms with Crippen LogP contribution in [0.2, 0.25) is 0 Å². The number of unbranched alkanes of at least 4 members (excludes halogenated alkanes) is 2. The molecule has 1 saturated heterocycles. The number of cyclic esters (lactones) is 1. The molecule has 10 atom stereocenters. The van der Waals surface area contributed by atoms with E-state index >= 15 is 0 Å². The summed E-state index contributed by atoms with van der Waals surface area (Å²) in [7, 11) is 1.25. The minimum Gasteiger partial charge on any atom is -0.472 e. The molecule has 1 aromatic heterocycles. The second kappa shape index (κ2) is 14.8. The van der Waals surface area contributed by atoms with Crippen molar-refractivity contribution in [2.45, 2.75) is 136 Å². The second-order valence-electron chi connectivity index (χ2n) is 16.3. The van der Waals surface area contributed by atoms with Crippen LogP contribution in [0.5, 0.6) is 0 Å². The van der Waals surface area contributed by atoms with Crippen molar-refractivity contribution in [2.24, 2.45) is 28.1 Å². The van der Waals surface area contributed by atoms with E-state index in [1.165, 1.54) is 19.4 Å². The van der Waals surface area contributed by atoms with Gasteiger partial charge in [-0.15, -0.1) is 0 Å². The highest BCUT2D eigenvalue weighted by atomic mass is 16.7. The first-order valence-electron chi connectivity index (χ1n) is 19.3. The summed E-state index contributed by atoms with van der Waals surface area (Å²) in [5.41, 5.74) is -0.578. The average Bonchev–Trinajstić information content (AvgIpc) is 3.72. The number of methoxy groups -OCH3 is 1. The Labute approximate surface area is 316 Å². The van der Waals surface area contributed by atoms with Gasteiger partial charge < -0.3 is 32.8 Å². The van der Waals surface area contributed by atoms with Gasteiger partial charge in [0.15, 0.2) is 6.10 Å². The van der Waals surface area contributed by atoms with E-state index in [2.05, 4.69) is 0 Å². The van der Waals surface area contributed by atoms with E-state index in [0.29, 0.717) is 48.0 Å². The minimum absolute atomic E-state index is 0.0833. The number of allylic oxidation sites excluding steroid dienone is 2. The summed E-state index contributed by atoms with van der Waals surface area (Å²) in [6.07, 6.45) is 8.03. The molecule has 0 unspecified atom stereocenters. The Bertz CT molecular complexity index is 1750. The molecule has 12 nitrogen and oxygen atoms in total. The van der Waals surface area contributed by atoms with Gasteiger partial charge in [0.05, 0.1) is 25.7 Å². The topological polar surface area (TPSA) is 154 Å². The number of carbonyl (C=O) groups is 5. The van der Waals surface area contributed by atoms with Crippen LogP contribution in [0.3, 0.4) is 0 Å². The van der Waals surface area contributed by atoms with Crippen molar-refractivity contribution in [1.29, 1.82) is 0 Å². The van der Waals surface area contributed by atoms with Crippen molar-refractivity contribution >= 4 is 29.8 Å². The van der Waals surface area contributed by atoms with Gasteiger partial charge in [-0.05, 0) is 75.2 Å². The Kier molecular flexibility index (Phi) is 10.8. The molecule has 0 N–H and O–H groups in total. The lowest BCUT2D eigenvalue weighted by atomic mass is 9.51. The predicted octanol–water partition coefficient (Wildman–Crippen LogP) is 7.17. The molecule has 54 heavy (non-hydrogen) atoms. The van der Waals surface area contributed by atoms with Gasteiger partial charge in [-0.3, -0.25) is 9.59 Å². The fourth-order valence-electron chi connectivity index (χ4n) is 10.2. The number of carbonyl (C=O) groups excluding carboxylic acids is 5. The van der Waals surface area contributed by atoms with Crippen LogP contribution in [-0.4, -0.2) is 61.1 Å². The third kappa shape index (κ3) is 6.31. The van der Waals surface area contributed by atoms with Gasteiger partial charge in [-0.2, -0.15) is 0 Å². The van der Waals surface area contributed by atoms with Gasteiger partial charge in [0.25, 0.3) is 5.79 Å². The molecular formula is C42H54O12. The maximum absolute atomic E-state index is 14.0. The van der Waals surface area contributed by atoms with Crippen LogP contribution in [-0.2, 0) is 52.4 Å². The van der Waals surface area contributed by atoms with Crippen LogP contribution in [0.25, 0.3) is 0 Å². The lowest BCUT2D eigenvalue weighted by molar-refractivity contribution is -0.305. The first kappa shape index (κ1) is 39.5. The summed E-state index contributed by atoms with van der Waals surface area (Å²) < 4.78 is 42.9. The van der Waals surface area contributed by atoms with Crippen molar-refractivity contribution in [3.63, 3.8) is 0 Å². The Hall–Kier alpha value is -4.19. The van der Waals surface area contributed by atoms with Crippen LogP contribution in [0.4, 0.5) is 0 Å². The van der Waals surface area contributed by atoms with Gasteiger partial charge in [0.1, 0.15) is 6.10 Å². The zero-order chi connectivity index (χ0) is 39.2. The number of hydrogen-bond donors (Lipinski definition) is 0. The van der Waals surface area contributed by atoms with Crippen molar-refractivity contribution in [3.8, 4) is 0 Å². The normalized spacial score (nSPS) is 35.7. The maximum atomic E-state index is 14.0. The highest BCUT2D eigenvalue weighted by Gasteiger charge is 2.78. The summed E-state index contributed by atoms with van der Waals surface area (Å²) >= 11 is 0. The molecule has 6 rings (SSSR count). The van der Waals surface area contributed by atoms with Crippen LogP contribution >= 0.6 is 0 Å². The molecule has 0 aromatic carbocycles. The Morgan fingerprint density at radius 1 is 1.06 bits per heavy atom. The SMILES string of the molecule is C/C=C(\C)C(=O)O[C@@H]1[C@]2(OC(=O)CCCC)C=C3C4=CC(=O)O[C@@H](c5ccoc5)[C@]4(C)CC[C@@H]3[C@@]3(C)[C@H](C[C@]1(C)[C@H]3[C@@H](OC(=O)CCCC)C(=O)OC)O2. The summed E-state index contributed by atoms with van der Waals surface area (Å²) in [6, 6.07) is 1.77. The largest absolute Gasteiger partial charge is 0.472 e. The standard InChI is InChI=1S/C42H54O12/c1-9-12-14-30(43)50-33(37(47)48-8)34-40(6)22-29-41(34,7)27-16-18-39(5)28(20-32(45)51-35(39)25-17-19-49-23-25)26(27)21-42(53-29,54-31(44)15-13-10-2)38(40)52-36(46)24(4)11-3/h11,17,19-21,23,27,29,33-35,38H,9-10,12-16,18,22H2,1-8H3/b24-11+/t27-,29-,33+,34+,35-,38-,39+,40+,41-,42+/m0/s1. The molecule has 1 aromatic rings. The maximum Gasteiger partial charge on any atom is 0.347 e. The Balaban J connectivity index is 1.63. The molecule has 0 spiro atoms. The van der Waals surface area contributed by atoms with Crippen molar-refractivity contribution in [3.05, 3.63) is 59.1 Å². The zero-order valence-electron chi connectivity index (χ0n) is 32.7. The molecule has 2 aliphatic carbocycles. The van der Waals surface area contributed by atoms with Crippen LogP contribution < -0.4 is 0 Å². The molecule has 5 aliphatic rings. The Morgan fingerprint density at radius 2 is 1.76 bits per heavy atom. The highest BCUT2D eigenvalue weighted by Crippen LogP contribution is 2.73. The molecule has 4 heterocycles.